The molecule has 1 heterocycles. The molecule has 1 fully saturated rings. The first-order valence-electron chi connectivity index (χ1n) is 8.37. The number of sulfonamides is 1. The zero-order valence-corrected chi connectivity index (χ0v) is 15.0. The lowest BCUT2D eigenvalue weighted by molar-refractivity contribution is -0.0242. The van der Waals surface area contributed by atoms with Crippen LogP contribution in [0.15, 0.2) is 24.4 Å². The normalized spacial score (nSPS) is 27.1. The molecule has 0 aromatic carbocycles. The zero-order valence-electron chi connectivity index (χ0n) is 14.2. The van der Waals surface area contributed by atoms with Crippen molar-refractivity contribution >= 4 is 10.0 Å². The second-order valence-corrected chi connectivity index (χ2v) is 9.33. The van der Waals surface area contributed by atoms with E-state index in [0.29, 0.717) is 25.3 Å². The fourth-order valence-electron chi connectivity index (χ4n) is 3.16. The predicted octanol–water partition coefficient (Wildman–Crippen LogP) is 2.42. The van der Waals surface area contributed by atoms with Crippen LogP contribution in [0.3, 0.4) is 0 Å². The van der Waals surface area contributed by atoms with E-state index in [0.717, 1.165) is 18.5 Å². The van der Waals surface area contributed by atoms with Crippen molar-refractivity contribution in [2.24, 2.45) is 11.8 Å². The lowest BCUT2D eigenvalue weighted by Crippen LogP contribution is -2.38. The summed E-state index contributed by atoms with van der Waals surface area (Å²) in [5.41, 5.74) is -0.0961. The highest BCUT2D eigenvalue weighted by Crippen LogP contribution is 2.40. The second-order valence-electron chi connectivity index (χ2n) is 7.00. The summed E-state index contributed by atoms with van der Waals surface area (Å²) < 4.78 is 26.4. The smallest absolute Gasteiger partial charge is 0.213 e. The summed E-state index contributed by atoms with van der Waals surface area (Å²) in [5.74, 6) is 0.686. The summed E-state index contributed by atoms with van der Waals surface area (Å²) in [6.07, 6.45) is 4.84. The van der Waals surface area contributed by atoms with E-state index in [1.54, 1.807) is 20.0 Å². The third kappa shape index (κ3) is 4.52. The number of hydrogen-bond donors (Lipinski definition) is 2. The quantitative estimate of drug-likeness (QED) is 0.833. The molecule has 0 spiro atoms. The third-order valence-electron chi connectivity index (χ3n) is 5.03. The number of pyridine rings is 1. The molecule has 1 saturated carbocycles. The average Bonchev–Trinajstić information content (AvgIpc) is 2.54. The van der Waals surface area contributed by atoms with Gasteiger partial charge in [0.05, 0.1) is 10.9 Å². The van der Waals surface area contributed by atoms with Crippen LogP contribution in [0.5, 0.6) is 0 Å². The summed E-state index contributed by atoms with van der Waals surface area (Å²) in [4.78, 5) is 4.29. The summed E-state index contributed by atoms with van der Waals surface area (Å²) in [6.45, 7) is 5.91. The monoisotopic (exact) mass is 340 g/mol. The lowest BCUT2D eigenvalue weighted by atomic mass is 9.73. The maximum Gasteiger partial charge on any atom is 0.213 e. The molecule has 1 atom stereocenters. The molecular weight excluding hydrogens is 312 g/mol. The number of hydrogen-bond acceptors (Lipinski definition) is 4. The molecule has 1 aromatic heterocycles. The minimum absolute atomic E-state index is 0.261. The topological polar surface area (TPSA) is 79.3 Å². The number of nitrogens with zero attached hydrogens (tertiary/aromatic N) is 1. The molecule has 130 valence electrons. The van der Waals surface area contributed by atoms with Crippen molar-refractivity contribution in [3.8, 4) is 0 Å². The molecule has 1 aliphatic rings. The first kappa shape index (κ1) is 18.4. The van der Waals surface area contributed by atoms with Crippen LogP contribution < -0.4 is 4.72 Å². The minimum Gasteiger partial charge on any atom is -0.384 e. The van der Waals surface area contributed by atoms with Crippen LogP contribution in [-0.4, -0.2) is 30.3 Å². The maximum atomic E-state index is 11.8. The summed E-state index contributed by atoms with van der Waals surface area (Å²) in [6, 6.07) is 5.62. The van der Waals surface area contributed by atoms with E-state index in [4.69, 9.17) is 0 Å². The number of aliphatic hydroxyl groups is 1. The van der Waals surface area contributed by atoms with Gasteiger partial charge in [0, 0.05) is 12.7 Å². The molecule has 5 nitrogen and oxygen atoms in total. The van der Waals surface area contributed by atoms with Crippen LogP contribution in [0.1, 0.15) is 52.1 Å². The Bertz CT molecular complexity index is 594. The molecule has 2 rings (SSSR count). The van der Waals surface area contributed by atoms with E-state index < -0.39 is 20.9 Å². The first-order valence-corrected chi connectivity index (χ1v) is 9.91. The highest BCUT2D eigenvalue weighted by atomic mass is 32.2. The highest BCUT2D eigenvalue weighted by molar-refractivity contribution is 7.90. The van der Waals surface area contributed by atoms with Crippen LogP contribution in [-0.2, 0) is 15.6 Å². The number of rotatable bonds is 6. The Labute approximate surface area is 139 Å². The van der Waals surface area contributed by atoms with Crippen molar-refractivity contribution < 1.29 is 13.5 Å². The van der Waals surface area contributed by atoms with Crippen LogP contribution in [0.2, 0.25) is 0 Å². The van der Waals surface area contributed by atoms with Crippen LogP contribution in [0, 0.1) is 11.8 Å². The summed E-state index contributed by atoms with van der Waals surface area (Å²) in [7, 11) is -3.21. The van der Waals surface area contributed by atoms with Gasteiger partial charge in [-0.2, -0.15) is 0 Å². The van der Waals surface area contributed by atoms with Crippen molar-refractivity contribution in [3.05, 3.63) is 30.1 Å². The van der Waals surface area contributed by atoms with Gasteiger partial charge in [0.1, 0.15) is 5.60 Å². The maximum absolute atomic E-state index is 11.8. The summed E-state index contributed by atoms with van der Waals surface area (Å²) in [5, 5.41) is 10.4. The van der Waals surface area contributed by atoms with E-state index in [-0.39, 0.29) is 5.92 Å². The Morgan fingerprint density at radius 2 is 1.96 bits per heavy atom. The molecule has 1 aliphatic carbocycles. The van der Waals surface area contributed by atoms with E-state index in [2.05, 4.69) is 16.6 Å². The van der Waals surface area contributed by atoms with Gasteiger partial charge >= 0.3 is 0 Å². The minimum atomic E-state index is -3.21. The molecule has 0 saturated heterocycles. The fraction of sp³-hybridized carbons (Fsp3) is 0.706. The molecule has 1 aromatic rings. The molecule has 23 heavy (non-hydrogen) atoms. The fourth-order valence-corrected chi connectivity index (χ4v) is 3.99. The van der Waals surface area contributed by atoms with Crippen LogP contribution >= 0.6 is 0 Å². The van der Waals surface area contributed by atoms with Crippen molar-refractivity contribution in [1.82, 2.24) is 9.71 Å². The van der Waals surface area contributed by atoms with Crippen molar-refractivity contribution in [2.75, 3.05) is 6.54 Å². The van der Waals surface area contributed by atoms with Gasteiger partial charge < -0.3 is 5.11 Å². The Balaban J connectivity index is 1.89. The molecule has 0 bridgehead atoms. The van der Waals surface area contributed by atoms with E-state index in [1.807, 2.05) is 18.2 Å². The largest absolute Gasteiger partial charge is 0.384 e. The van der Waals surface area contributed by atoms with Gasteiger partial charge in [0.2, 0.25) is 10.0 Å². The third-order valence-corrected chi connectivity index (χ3v) is 6.84. The van der Waals surface area contributed by atoms with Gasteiger partial charge in [-0.25, -0.2) is 13.1 Å². The van der Waals surface area contributed by atoms with Crippen molar-refractivity contribution in [2.45, 2.75) is 57.3 Å². The SMILES string of the molecule is CC(CNS(=O)(=O)C(C)C)C1CCC(O)(c2ccccn2)CC1. The lowest BCUT2D eigenvalue weighted by Gasteiger charge is -2.38. The van der Waals surface area contributed by atoms with E-state index in [1.165, 1.54) is 0 Å². The molecule has 0 amide bonds. The number of nitrogens with one attached hydrogen (secondary N) is 1. The Kier molecular flexibility index (Phi) is 5.81. The Hall–Kier alpha value is -0.980. The highest BCUT2D eigenvalue weighted by Gasteiger charge is 2.37. The standard InChI is InChI=1S/C17H28N2O3S/c1-13(2)23(21,22)19-12-14(3)15-7-9-17(20,10-8-15)16-6-4-5-11-18-16/h4-6,11,13-15,19-20H,7-10,12H2,1-3H3. The van der Waals surface area contributed by atoms with Crippen LogP contribution in [0.25, 0.3) is 0 Å². The Morgan fingerprint density at radius 3 is 2.48 bits per heavy atom. The molecule has 2 N–H and O–H groups in total. The van der Waals surface area contributed by atoms with Gasteiger partial charge in [-0.1, -0.05) is 13.0 Å². The van der Waals surface area contributed by atoms with Gasteiger partial charge in [-0.3, -0.25) is 4.98 Å². The number of aromatic nitrogens is 1. The first-order chi connectivity index (χ1) is 10.7. The van der Waals surface area contributed by atoms with E-state index >= 15 is 0 Å². The van der Waals surface area contributed by atoms with Gasteiger partial charge in [-0.15, -0.1) is 0 Å². The molecule has 1 unspecified atom stereocenters. The van der Waals surface area contributed by atoms with Crippen LogP contribution in [0.4, 0.5) is 0 Å². The summed E-state index contributed by atoms with van der Waals surface area (Å²) >= 11 is 0. The van der Waals surface area contributed by atoms with Gasteiger partial charge in [0.15, 0.2) is 0 Å². The zero-order chi connectivity index (χ0) is 17.1. The molecular formula is C17H28N2O3S. The molecule has 6 heteroatoms. The van der Waals surface area contributed by atoms with E-state index in [9.17, 15) is 13.5 Å². The van der Waals surface area contributed by atoms with Gasteiger partial charge in [-0.05, 0) is 63.5 Å². The van der Waals surface area contributed by atoms with Crippen molar-refractivity contribution in [3.63, 3.8) is 0 Å². The average molecular weight is 340 g/mol. The second kappa shape index (κ2) is 7.28. The van der Waals surface area contributed by atoms with Crippen molar-refractivity contribution in [1.29, 1.82) is 0 Å². The molecule has 0 aliphatic heterocycles. The van der Waals surface area contributed by atoms with Gasteiger partial charge in [0.25, 0.3) is 0 Å². The Morgan fingerprint density at radius 1 is 1.30 bits per heavy atom. The molecule has 0 radical (unpaired) electrons. The predicted molar refractivity (Wildman–Crippen MR) is 91.3 cm³/mol.